The van der Waals surface area contributed by atoms with E-state index in [0.717, 1.165) is 40.2 Å². The lowest BCUT2D eigenvalue weighted by Gasteiger charge is -2.37. The SMILES string of the molecule is Cc1c(C(=O)NS(C)(=O)=O)c(-c2cccc(N3CCN(c4ccc(NS(=O)(=O)c5ccc(N[C@H](CCN6CCC(O)CC6)CSc6ccccc6)c(S(=O)(=O)C(F)(F)F)c5)cc4)CC3)c2)c(-c2ccc(Cl)cc2)n1C. The molecule has 5 aromatic carbocycles. The molecule has 0 spiro atoms. The molecule has 15 nitrogen and oxygen atoms in total. The number of amides is 1. The third kappa shape index (κ3) is 13.3. The number of sulfonamides is 2. The largest absolute Gasteiger partial charge is 0.501 e. The summed E-state index contributed by atoms with van der Waals surface area (Å²) < 4.78 is 128. The van der Waals surface area contributed by atoms with Crippen molar-refractivity contribution >= 4 is 81.9 Å². The third-order valence-electron chi connectivity index (χ3n) is 13.3. The Balaban J connectivity index is 0.972. The summed E-state index contributed by atoms with van der Waals surface area (Å²) in [7, 11) is -12.7. The van der Waals surface area contributed by atoms with Gasteiger partial charge in [0.05, 0.1) is 34.2 Å². The van der Waals surface area contributed by atoms with Crippen LogP contribution < -0.4 is 24.6 Å². The number of aliphatic hydroxyl groups is 1. The molecule has 0 saturated carbocycles. The van der Waals surface area contributed by atoms with Gasteiger partial charge in [-0.1, -0.05) is 54.1 Å². The Kier molecular flexibility index (Phi) is 16.9. The predicted molar refractivity (Wildman–Crippen MR) is 291 cm³/mol. The number of piperazine rings is 1. The predicted octanol–water partition coefficient (Wildman–Crippen LogP) is 8.85. The summed E-state index contributed by atoms with van der Waals surface area (Å²) in [6, 6.07) is 32.7. The number of likely N-dealkylation sites (tertiary alicyclic amines) is 1. The van der Waals surface area contributed by atoms with Gasteiger partial charge in [-0.15, -0.1) is 11.8 Å². The van der Waals surface area contributed by atoms with Crippen molar-refractivity contribution in [2.75, 3.05) is 77.7 Å². The minimum absolute atomic E-state index is 0.0959. The van der Waals surface area contributed by atoms with Gasteiger partial charge in [0.1, 0.15) is 4.90 Å². The monoisotopic (exact) mass is 1130 g/mol. The first kappa shape index (κ1) is 55.5. The maximum Gasteiger partial charge on any atom is 0.501 e. The standard InChI is InChI=1S/C52H57ClF3N7O8S4/c1-35-48(51(65)59-73(3,66)67)49(50(60(35)2)36-12-14-38(53)15-13-36)37-8-7-9-42(32-37)63-30-28-62(29-31-63)41-18-16-39(17-19-41)58-75(70,71)45-20-21-46(47(33-45)74(68,69)52(54,55)56)57-40(34-72-44-10-5-4-6-11-44)22-25-61-26-23-43(64)24-27-61/h4-21,32-33,40,43,57-58,64H,22-31,34H2,1-3H3,(H,59,65)/t40-/m1/s1. The summed E-state index contributed by atoms with van der Waals surface area (Å²) in [6.45, 7) is 5.82. The molecule has 1 aromatic heterocycles. The van der Waals surface area contributed by atoms with Crippen LogP contribution in [-0.2, 0) is 36.9 Å². The van der Waals surface area contributed by atoms with Crippen LogP contribution in [0.2, 0.25) is 5.02 Å². The van der Waals surface area contributed by atoms with Crippen LogP contribution in [0.5, 0.6) is 0 Å². The maximum absolute atomic E-state index is 14.3. The van der Waals surface area contributed by atoms with Crippen molar-refractivity contribution in [3.8, 4) is 22.4 Å². The quantitative estimate of drug-likeness (QED) is 0.0598. The number of hydrogen-bond donors (Lipinski definition) is 4. The first-order valence-corrected chi connectivity index (χ1v) is 30.2. The van der Waals surface area contributed by atoms with E-state index in [9.17, 15) is 48.3 Å². The molecule has 23 heteroatoms. The smallest absolute Gasteiger partial charge is 0.393 e. The van der Waals surface area contributed by atoms with Crippen molar-refractivity contribution in [1.29, 1.82) is 0 Å². The number of nitrogens with zero attached hydrogens (tertiary/aromatic N) is 4. The van der Waals surface area contributed by atoms with Crippen LogP contribution in [0.25, 0.3) is 22.4 Å². The molecular formula is C52H57ClF3N7O8S4. The number of rotatable bonds is 18. The zero-order valence-corrected chi connectivity index (χ0v) is 45.2. The molecular weight excluding hydrogens is 1070 g/mol. The van der Waals surface area contributed by atoms with Gasteiger partial charge in [0.15, 0.2) is 0 Å². The number of thioether (sulfide) groups is 1. The Morgan fingerprint density at radius 1 is 0.787 bits per heavy atom. The van der Waals surface area contributed by atoms with E-state index in [-0.39, 0.29) is 16.9 Å². The van der Waals surface area contributed by atoms with Crippen molar-refractivity contribution in [3.63, 3.8) is 0 Å². The van der Waals surface area contributed by atoms with E-state index in [0.29, 0.717) is 104 Å². The van der Waals surface area contributed by atoms with Gasteiger partial charge >= 0.3 is 5.51 Å². The summed E-state index contributed by atoms with van der Waals surface area (Å²) in [5.74, 6) is -0.400. The summed E-state index contributed by atoms with van der Waals surface area (Å²) in [5, 5.41) is 13.5. The van der Waals surface area contributed by atoms with Crippen LogP contribution in [0.3, 0.4) is 0 Å². The van der Waals surface area contributed by atoms with Gasteiger partial charge in [-0.25, -0.2) is 30.0 Å². The molecule has 6 aromatic rings. The van der Waals surface area contributed by atoms with Crippen molar-refractivity contribution in [2.24, 2.45) is 7.05 Å². The van der Waals surface area contributed by atoms with Crippen LogP contribution in [0.1, 0.15) is 35.3 Å². The molecule has 2 aliphatic heterocycles. The molecule has 0 bridgehead atoms. The Morgan fingerprint density at radius 2 is 1.43 bits per heavy atom. The fourth-order valence-electron chi connectivity index (χ4n) is 9.31. The Labute approximate surface area is 445 Å². The summed E-state index contributed by atoms with van der Waals surface area (Å²) in [4.78, 5) is 19.1. The van der Waals surface area contributed by atoms with E-state index in [1.807, 2.05) is 78.3 Å². The molecule has 0 unspecified atom stereocenters. The second-order valence-corrected chi connectivity index (χ2v) is 25.4. The van der Waals surface area contributed by atoms with Crippen molar-refractivity contribution in [3.05, 3.63) is 138 Å². The van der Waals surface area contributed by atoms with Crippen LogP contribution in [0.15, 0.2) is 136 Å². The van der Waals surface area contributed by atoms with Gasteiger partial charge in [-0.3, -0.25) is 9.52 Å². The minimum Gasteiger partial charge on any atom is -0.393 e. The minimum atomic E-state index is -6.04. The highest BCUT2D eigenvalue weighted by Crippen LogP contribution is 2.41. The summed E-state index contributed by atoms with van der Waals surface area (Å²) >= 11 is 7.67. The first-order valence-electron chi connectivity index (χ1n) is 24.0. The highest BCUT2D eigenvalue weighted by molar-refractivity contribution is 7.99. The van der Waals surface area contributed by atoms with Crippen molar-refractivity contribution in [1.82, 2.24) is 14.2 Å². The van der Waals surface area contributed by atoms with Gasteiger partial charge in [0.2, 0.25) is 10.0 Å². The number of benzene rings is 5. The molecule has 2 saturated heterocycles. The van der Waals surface area contributed by atoms with E-state index < -0.39 is 63.2 Å². The van der Waals surface area contributed by atoms with E-state index in [4.69, 9.17) is 11.6 Å². The molecule has 1 amide bonds. The van der Waals surface area contributed by atoms with Crippen LogP contribution >= 0.6 is 23.4 Å². The number of carbonyl (C=O) groups excluding carboxylic acids is 1. The fraction of sp³-hybridized carbons (Fsp3) is 0.327. The number of hydrogen-bond acceptors (Lipinski definition) is 13. The van der Waals surface area contributed by atoms with Gasteiger partial charge < -0.3 is 29.7 Å². The van der Waals surface area contributed by atoms with Crippen LogP contribution in [-0.4, -0.2) is 121 Å². The molecule has 0 aliphatic carbocycles. The molecule has 8 rings (SSSR count). The number of sulfone groups is 1. The number of piperidine rings is 1. The lowest BCUT2D eigenvalue weighted by molar-refractivity contribution is -0.0436. The number of anilines is 4. The number of halogens is 4. The molecule has 0 radical (unpaired) electrons. The lowest BCUT2D eigenvalue weighted by atomic mass is 9.96. The number of carbonyl (C=O) groups is 1. The zero-order valence-electron chi connectivity index (χ0n) is 41.2. The summed E-state index contributed by atoms with van der Waals surface area (Å²) in [6.07, 6.45) is 2.12. The highest BCUT2D eigenvalue weighted by atomic mass is 35.5. The molecule has 4 N–H and O–H groups in total. The van der Waals surface area contributed by atoms with Gasteiger partial charge in [-0.2, -0.15) is 13.2 Å². The number of aliphatic hydroxyl groups excluding tert-OH is 1. The van der Waals surface area contributed by atoms with E-state index in [2.05, 4.69) is 29.5 Å². The maximum atomic E-state index is 14.3. The van der Waals surface area contributed by atoms with Gasteiger partial charge in [0.25, 0.3) is 25.8 Å². The van der Waals surface area contributed by atoms with E-state index in [1.165, 1.54) is 23.9 Å². The Hall–Kier alpha value is -5.75. The Bertz CT molecular complexity index is 3350. The van der Waals surface area contributed by atoms with Crippen LogP contribution in [0.4, 0.5) is 35.9 Å². The highest BCUT2D eigenvalue weighted by Gasteiger charge is 2.48. The molecule has 400 valence electrons. The second kappa shape index (κ2) is 22.8. The van der Waals surface area contributed by atoms with Crippen molar-refractivity contribution < 1.29 is 48.3 Å². The summed E-state index contributed by atoms with van der Waals surface area (Å²) in [5.41, 5.74) is -0.904. The first-order chi connectivity index (χ1) is 35.5. The molecule has 75 heavy (non-hydrogen) atoms. The number of alkyl halides is 3. The molecule has 1 atom stereocenters. The van der Waals surface area contributed by atoms with Gasteiger partial charge in [-0.05, 0) is 116 Å². The lowest BCUT2D eigenvalue weighted by Crippen LogP contribution is -2.46. The zero-order chi connectivity index (χ0) is 53.9. The normalized spacial score (nSPS) is 15.7. The topological polar surface area (TPSA) is 190 Å². The van der Waals surface area contributed by atoms with E-state index in [1.54, 1.807) is 31.2 Å². The average molecular weight is 1130 g/mol. The number of nitrogens with one attached hydrogen (secondary N) is 3. The second-order valence-electron chi connectivity index (χ2n) is 18.6. The van der Waals surface area contributed by atoms with Crippen molar-refractivity contribution in [2.45, 2.75) is 58.5 Å². The fourth-order valence-corrected chi connectivity index (χ4v) is 13.0. The average Bonchev–Trinajstić information content (AvgIpc) is 3.64. The third-order valence-corrected chi connectivity index (χ3v) is 18.2. The number of aromatic nitrogens is 1. The van der Waals surface area contributed by atoms with E-state index >= 15 is 0 Å². The Morgan fingerprint density at radius 3 is 2.05 bits per heavy atom. The molecule has 2 fully saturated rings. The molecule has 3 heterocycles. The van der Waals surface area contributed by atoms with Gasteiger partial charge in [0, 0.05) is 103 Å². The molecule has 2 aliphatic rings. The van der Waals surface area contributed by atoms with Crippen LogP contribution in [0, 0.1) is 6.92 Å².